The molecule has 0 aliphatic heterocycles. The van der Waals surface area contributed by atoms with Crippen LogP contribution >= 0.6 is 11.8 Å². The van der Waals surface area contributed by atoms with Gasteiger partial charge in [0.25, 0.3) is 0 Å². The van der Waals surface area contributed by atoms with Crippen LogP contribution in [0.4, 0.5) is 0 Å². The van der Waals surface area contributed by atoms with E-state index in [1.165, 1.54) is 10.5 Å². The Morgan fingerprint density at radius 1 is 1.10 bits per heavy atom. The zero-order valence-corrected chi connectivity index (χ0v) is 14.0. The van der Waals surface area contributed by atoms with Gasteiger partial charge in [0, 0.05) is 25.1 Å². The lowest BCUT2D eigenvalue weighted by Gasteiger charge is -2.23. The largest absolute Gasteiger partial charge is 0.493 e. The Morgan fingerprint density at radius 3 is 2.20 bits per heavy atom. The molecule has 0 atom stereocenters. The van der Waals surface area contributed by atoms with Gasteiger partial charge in [-0.25, -0.2) is 0 Å². The summed E-state index contributed by atoms with van der Waals surface area (Å²) in [6, 6.07) is 4.04. The Bertz CT molecular complexity index is 435. The molecular formula is C15H25NO3S. The molecule has 1 aromatic rings. The second-order valence-electron chi connectivity index (χ2n) is 5.09. The second kappa shape index (κ2) is 7.76. The van der Waals surface area contributed by atoms with Crippen molar-refractivity contribution in [3.8, 4) is 11.5 Å². The minimum absolute atomic E-state index is 0.171. The van der Waals surface area contributed by atoms with Crippen molar-refractivity contribution in [3.63, 3.8) is 0 Å². The van der Waals surface area contributed by atoms with E-state index in [0.717, 1.165) is 24.6 Å². The lowest BCUT2D eigenvalue weighted by molar-refractivity contribution is 0.0230. The van der Waals surface area contributed by atoms with Gasteiger partial charge in [-0.15, -0.1) is 11.8 Å². The van der Waals surface area contributed by atoms with Gasteiger partial charge in [-0.2, -0.15) is 0 Å². The van der Waals surface area contributed by atoms with Crippen molar-refractivity contribution in [2.45, 2.75) is 30.9 Å². The maximum atomic E-state index is 5.40. The monoisotopic (exact) mass is 299 g/mol. The molecule has 20 heavy (non-hydrogen) atoms. The molecule has 114 valence electrons. The highest BCUT2D eigenvalue weighted by atomic mass is 32.2. The zero-order chi connectivity index (χ0) is 15.2. The summed E-state index contributed by atoms with van der Waals surface area (Å²) in [7, 11) is 5.04. The van der Waals surface area contributed by atoms with E-state index in [-0.39, 0.29) is 5.60 Å². The summed E-state index contributed by atoms with van der Waals surface area (Å²) in [4.78, 5) is 1.19. The number of ether oxygens (including phenoxy) is 3. The van der Waals surface area contributed by atoms with Crippen molar-refractivity contribution in [1.29, 1.82) is 0 Å². The maximum Gasteiger partial charge on any atom is 0.161 e. The molecule has 0 bridgehead atoms. The molecule has 0 amide bonds. The van der Waals surface area contributed by atoms with Crippen LogP contribution in [-0.4, -0.2) is 39.7 Å². The van der Waals surface area contributed by atoms with Gasteiger partial charge in [0.05, 0.1) is 19.8 Å². The summed E-state index contributed by atoms with van der Waals surface area (Å²) < 4.78 is 16.1. The highest BCUT2D eigenvalue weighted by Gasteiger charge is 2.16. The van der Waals surface area contributed by atoms with E-state index in [1.54, 1.807) is 33.1 Å². The Kier molecular flexibility index (Phi) is 6.65. The van der Waals surface area contributed by atoms with Crippen LogP contribution < -0.4 is 14.8 Å². The van der Waals surface area contributed by atoms with Crippen LogP contribution in [0.3, 0.4) is 0 Å². The highest BCUT2D eigenvalue weighted by molar-refractivity contribution is 7.98. The van der Waals surface area contributed by atoms with E-state index < -0.39 is 0 Å². The lowest BCUT2D eigenvalue weighted by Crippen LogP contribution is -2.36. The van der Waals surface area contributed by atoms with Crippen LogP contribution in [0.1, 0.15) is 19.4 Å². The van der Waals surface area contributed by atoms with Crippen molar-refractivity contribution in [3.05, 3.63) is 17.7 Å². The molecule has 5 heteroatoms. The molecule has 0 unspecified atom stereocenters. The normalized spacial score (nSPS) is 11.5. The first kappa shape index (κ1) is 17.1. The van der Waals surface area contributed by atoms with Crippen molar-refractivity contribution in [2.75, 3.05) is 34.1 Å². The fraction of sp³-hybridized carbons (Fsp3) is 0.600. The van der Waals surface area contributed by atoms with Crippen molar-refractivity contribution < 1.29 is 14.2 Å². The van der Waals surface area contributed by atoms with Crippen LogP contribution in [0, 0.1) is 0 Å². The predicted molar refractivity (Wildman–Crippen MR) is 84.1 cm³/mol. The lowest BCUT2D eigenvalue weighted by atomic mass is 10.1. The molecule has 1 N–H and O–H groups in total. The van der Waals surface area contributed by atoms with Gasteiger partial charge in [0.1, 0.15) is 0 Å². The number of benzene rings is 1. The third kappa shape index (κ3) is 4.58. The molecule has 0 aromatic heterocycles. The third-order valence-electron chi connectivity index (χ3n) is 3.21. The summed E-state index contributed by atoms with van der Waals surface area (Å²) in [5.74, 6) is 1.52. The smallest absolute Gasteiger partial charge is 0.161 e. The molecule has 0 radical (unpaired) electrons. The summed E-state index contributed by atoms with van der Waals surface area (Å²) >= 11 is 1.70. The standard InChI is InChI=1S/C15H25NO3S/c1-15(2,19-5)10-16-9-11-7-12(17-3)13(18-4)8-14(11)20-6/h7-8,16H,9-10H2,1-6H3. The SMILES string of the molecule is COc1cc(CNCC(C)(C)OC)c(SC)cc1OC. The van der Waals surface area contributed by atoms with Crippen LogP contribution in [0.2, 0.25) is 0 Å². The second-order valence-corrected chi connectivity index (χ2v) is 5.93. The van der Waals surface area contributed by atoms with Crippen molar-refractivity contribution in [1.82, 2.24) is 5.32 Å². The molecule has 1 rings (SSSR count). The average molecular weight is 299 g/mol. The summed E-state index contributed by atoms with van der Waals surface area (Å²) in [5.41, 5.74) is 1.03. The minimum atomic E-state index is -0.171. The molecule has 0 spiro atoms. The molecule has 4 nitrogen and oxygen atoms in total. The number of methoxy groups -OCH3 is 3. The molecule has 0 saturated carbocycles. The molecule has 0 fully saturated rings. The predicted octanol–water partition coefficient (Wildman–Crippen LogP) is 2.94. The van der Waals surface area contributed by atoms with Gasteiger partial charge in [-0.05, 0) is 37.8 Å². The number of rotatable bonds is 8. The summed E-state index contributed by atoms with van der Waals surface area (Å²) in [6.45, 7) is 5.67. The van der Waals surface area contributed by atoms with Crippen molar-refractivity contribution >= 4 is 11.8 Å². The Hall–Kier alpha value is -0.910. The quantitative estimate of drug-likeness (QED) is 0.747. The van der Waals surface area contributed by atoms with E-state index in [4.69, 9.17) is 14.2 Å². The van der Waals surface area contributed by atoms with Crippen LogP contribution in [0.25, 0.3) is 0 Å². The number of thioether (sulfide) groups is 1. The van der Waals surface area contributed by atoms with Gasteiger partial charge in [0.2, 0.25) is 0 Å². The first-order valence-electron chi connectivity index (χ1n) is 6.52. The molecule has 0 aliphatic carbocycles. The van der Waals surface area contributed by atoms with Crippen LogP contribution in [0.15, 0.2) is 17.0 Å². The summed E-state index contributed by atoms with van der Waals surface area (Å²) in [5, 5.41) is 3.42. The summed E-state index contributed by atoms with van der Waals surface area (Å²) in [6.07, 6.45) is 2.06. The van der Waals surface area contributed by atoms with Gasteiger partial charge >= 0.3 is 0 Å². The zero-order valence-electron chi connectivity index (χ0n) is 13.2. The highest BCUT2D eigenvalue weighted by Crippen LogP contribution is 2.34. The Morgan fingerprint density at radius 2 is 1.70 bits per heavy atom. The van der Waals surface area contributed by atoms with E-state index >= 15 is 0 Å². The van der Waals surface area contributed by atoms with Gasteiger partial charge in [-0.1, -0.05) is 0 Å². The molecular weight excluding hydrogens is 274 g/mol. The van der Waals surface area contributed by atoms with Gasteiger partial charge in [-0.3, -0.25) is 0 Å². The minimum Gasteiger partial charge on any atom is -0.493 e. The van der Waals surface area contributed by atoms with Gasteiger partial charge < -0.3 is 19.5 Å². The molecule has 0 saturated heterocycles. The third-order valence-corrected chi connectivity index (χ3v) is 4.03. The van der Waals surface area contributed by atoms with E-state index in [0.29, 0.717) is 0 Å². The number of nitrogens with one attached hydrogen (secondary N) is 1. The Labute approximate surface area is 126 Å². The number of hydrogen-bond donors (Lipinski definition) is 1. The molecule has 0 aliphatic rings. The van der Waals surface area contributed by atoms with E-state index in [1.807, 2.05) is 12.1 Å². The number of hydrogen-bond acceptors (Lipinski definition) is 5. The Balaban J connectivity index is 2.83. The van der Waals surface area contributed by atoms with E-state index in [2.05, 4.69) is 25.4 Å². The average Bonchev–Trinajstić information content (AvgIpc) is 2.46. The first-order chi connectivity index (χ1) is 9.47. The fourth-order valence-corrected chi connectivity index (χ4v) is 2.42. The first-order valence-corrected chi connectivity index (χ1v) is 7.74. The topological polar surface area (TPSA) is 39.7 Å². The van der Waals surface area contributed by atoms with Crippen molar-refractivity contribution in [2.24, 2.45) is 0 Å². The van der Waals surface area contributed by atoms with Gasteiger partial charge in [0.15, 0.2) is 11.5 Å². The van der Waals surface area contributed by atoms with Crippen LogP contribution in [0.5, 0.6) is 11.5 Å². The van der Waals surface area contributed by atoms with E-state index in [9.17, 15) is 0 Å². The molecule has 1 aromatic carbocycles. The van der Waals surface area contributed by atoms with Crippen LogP contribution in [-0.2, 0) is 11.3 Å². The molecule has 0 heterocycles. The fourth-order valence-electron chi connectivity index (χ4n) is 1.80. The maximum absolute atomic E-state index is 5.40.